The first kappa shape index (κ1) is 22.6. The van der Waals surface area contributed by atoms with Crippen molar-refractivity contribution in [1.29, 1.82) is 0 Å². The number of methoxy groups -OCH3 is 1. The van der Waals surface area contributed by atoms with E-state index in [-0.39, 0.29) is 30.0 Å². The van der Waals surface area contributed by atoms with Crippen LogP contribution in [-0.4, -0.2) is 48.8 Å². The molecule has 1 aliphatic carbocycles. The third-order valence-electron chi connectivity index (χ3n) is 4.25. The van der Waals surface area contributed by atoms with Crippen LogP contribution in [0, 0.1) is 5.92 Å². The van der Waals surface area contributed by atoms with Crippen molar-refractivity contribution in [2.75, 3.05) is 19.0 Å². The largest absolute Gasteiger partial charge is 0.481 e. The number of hydrogen-bond acceptors (Lipinski definition) is 8. The van der Waals surface area contributed by atoms with Crippen molar-refractivity contribution in [1.82, 2.24) is 14.7 Å². The smallest absolute Gasteiger partial charge is 0.335 e. The number of hydrogen-bond donors (Lipinski definition) is 2. The van der Waals surface area contributed by atoms with Crippen LogP contribution in [0.1, 0.15) is 20.3 Å². The predicted octanol–water partition coefficient (Wildman–Crippen LogP) is 2.04. The van der Waals surface area contributed by atoms with Gasteiger partial charge in [-0.15, -0.1) is 0 Å². The van der Waals surface area contributed by atoms with Gasteiger partial charge >= 0.3 is 12.0 Å². The van der Waals surface area contributed by atoms with E-state index in [1.54, 1.807) is 19.9 Å². The molecule has 2 N–H and O–H groups in total. The van der Waals surface area contributed by atoms with Gasteiger partial charge in [0.2, 0.25) is 21.9 Å². The molecule has 2 unspecified atom stereocenters. The molecule has 12 heteroatoms. The third-order valence-corrected chi connectivity index (χ3v) is 6.57. The second-order valence-corrected chi connectivity index (χ2v) is 8.26. The summed E-state index contributed by atoms with van der Waals surface area (Å²) in [6.07, 6.45) is 5.87. The first-order chi connectivity index (χ1) is 13.7. The molecule has 1 heterocycles. The number of urea groups is 1. The van der Waals surface area contributed by atoms with Crippen LogP contribution in [0.3, 0.4) is 0 Å². The van der Waals surface area contributed by atoms with Crippen LogP contribution >= 0.6 is 11.6 Å². The average molecular weight is 445 g/mol. The lowest BCUT2D eigenvalue weighted by Crippen LogP contribution is -2.54. The monoisotopic (exact) mass is 444 g/mol. The average Bonchev–Trinajstić information content (AvgIpc) is 2.66. The molecular formula is C17H21ClN4O6S. The minimum absolute atomic E-state index is 0.0113. The highest BCUT2D eigenvalue weighted by Crippen LogP contribution is 2.36. The summed E-state index contributed by atoms with van der Waals surface area (Å²) in [6, 6.07) is 0.198. The number of allylic oxidation sites excluding steroid dienone is 2. The summed E-state index contributed by atoms with van der Waals surface area (Å²) in [6.45, 7) is 3.31. The molecule has 2 amide bonds. The molecule has 29 heavy (non-hydrogen) atoms. The van der Waals surface area contributed by atoms with E-state index >= 15 is 0 Å². The van der Waals surface area contributed by atoms with Crippen LogP contribution in [0.5, 0.6) is 5.88 Å². The topological polar surface area (TPSA) is 137 Å². The number of carbonyl (C=O) groups excluding carboxylic acids is 2. The van der Waals surface area contributed by atoms with Gasteiger partial charge in [0, 0.05) is 6.07 Å². The molecule has 2 rings (SSSR count). The van der Waals surface area contributed by atoms with Gasteiger partial charge in [-0.05, 0) is 13.3 Å². The highest BCUT2D eigenvalue weighted by molar-refractivity contribution is 7.91. The summed E-state index contributed by atoms with van der Waals surface area (Å²) in [7, 11) is -3.03. The van der Waals surface area contributed by atoms with Crippen molar-refractivity contribution in [3.05, 3.63) is 35.5 Å². The van der Waals surface area contributed by atoms with Crippen molar-refractivity contribution in [2.45, 2.75) is 25.0 Å². The van der Waals surface area contributed by atoms with Gasteiger partial charge in [0.25, 0.3) is 0 Å². The Balaban J connectivity index is 2.28. The Morgan fingerprint density at radius 3 is 2.62 bits per heavy atom. The number of aromatic nitrogens is 2. The number of amides is 2. The van der Waals surface area contributed by atoms with Crippen molar-refractivity contribution in [3.8, 4) is 5.88 Å². The lowest BCUT2D eigenvalue weighted by atomic mass is 9.85. The molecule has 1 aromatic rings. The first-order valence-corrected chi connectivity index (χ1v) is 10.5. The lowest BCUT2D eigenvalue weighted by molar-refractivity contribution is -0.147. The zero-order valence-corrected chi connectivity index (χ0v) is 17.6. The molecule has 10 nitrogen and oxygen atoms in total. The fourth-order valence-electron chi connectivity index (χ4n) is 2.86. The van der Waals surface area contributed by atoms with Crippen molar-refractivity contribution in [2.24, 2.45) is 5.92 Å². The van der Waals surface area contributed by atoms with Gasteiger partial charge in [-0.3, -0.25) is 10.1 Å². The van der Waals surface area contributed by atoms with Gasteiger partial charge in [-0.1, -0.05) is 42.8 Å². The molecular weight excluding hydrogens is 424 g/mol. The van der Waals surface area contributed by atoms with Crippen LogP contribution in [-0.2, 0) is 19.6 Å². The molecule has 0 saturated carbocycles. The Morgan fingerprint density at radius 1 is 1.28 bits per heavy atom. The number of rotatable bonds is 7. The number of nitrogens with zero attached hydrogens (tertiary/aromatic N) is 2. The Morgan fingerprint density at radius 2 is 2.00 bits per heavy atom. The van der Waals surface area contributed by atoms with E-state index in [1.807, 2.05) is 4.72 Å². The number of anilines is 1. The molecule has 1 aromatic heterocycles. The van der Waals surface area contributed by atoms with Crippen LogP contribution in [0.2, 0.25) is 5.15 Å². The molecule has 0 aliphatic heterocycles. The fourth-order valence-corrected chi connectivity index (χ4v) is 4.66. The molecule has 158 valence electrons. The van der Waals surface area contributed by atoms with Crippen LogP contribution in [0.25, 0.3) is 0 Å². The summed E-state index contributed by atoms with van der Waals surface area (Å²) < 4.78 is 36.3. The van der Waals surface area contributed by atoms with Gasteiger partial charge in [-0.2, -0.15) is 4.98 Å². The molecule has 0 spiro atoms. The molecule has 2 atom stereocenters. The summed E-state index contributed by atoms with van der Waals surface area (Å²) in [5.41, 5.74) is 0. The van der Waals surface area contributed by atoms with E-state index in [4.69, 9.17) is 21.1 Å². The number of halogens is 1. The number of esters is 1. The van der Waals surface area contributed by atoms with E-state index in [2.05, 4.69) is 15.3 Å². The van der Waals surface area contributed by atoms with Gasteiger partial charge in [0.1, 0.15) is 15.8 Å². The van der Waals surface area contributed by atoms with Gasteiger partial charge in [-0.25, -0.2) is 22.9 Å². The summed E-state index contributed by atoms with van der Waals surface area (Å²) >= 11 is 5.81. The van der Waals surface area contributed by atoms with Crippen LogP contribution in [0.15, 0.2) is 30.4 Å². The fraction of sp³-hybridized carbons (Fsp3) is 0.412. The maximum absolute atomic E-state index is 13.1. The molecule has 1 aliphatic rings. The maximum Gasteiger partial charge on any atom is 0.335 e. The Hall–Kier alpha value is -2.66. The Bertz CT molecular complexity index is 949. The molecule has 0 aromatic carbocycles. The standard InChI is InChI=1S/C17H21ClN4O6S/c1-4-17(9-7-6-8-11(17)14(23)28-5-2)29(25,26)22-16(24)21-15-19-12(18)10-13(20-15)27-3/h6-11H,4-5H2,1-3H3,(H2,19,20,21,22,24). The van der Waals surface area contributed by atoms with E-state index in [1.165, 1.54) is 31.4 Å². The van der Waals surface area contributed by atoms with Gasteiger partial charge in [0.15, 0.2) is 0 Å². The van der Waals surface area contributed by atoms with Crippen LogP contribution < -0.4 is 14.8 Å². The van der Waals surface area contributed by atoms with E-state index < -0.39 is 32.7 Å². The normalized spacial score (nSPS) is 20.8. The molecule has 0 saturated heterocycles. The molecule has 0 fully saturated rings. The van der Waals surface area contributed by atoms with Crippen LogP contribution in [0.4, 0.5) is 10.7 Å². The first-order valence-electron chi connectivity index (χ1n) is 8.63. The number of nitrogens with one attached hydrogen (secondary N) is 2. The quantitative estimate of drug-likeness (QED) is 0.481. The highest BCUT2D eigenvalue weighted by Gasteiger charge is 2.51. The van der Waals surface area contributed by atoms with Crippen molar-refractivity contribution < 1.29 is 27.5 Å². The second kappa shape index (κ2) is 9.23. The zero-order chi connectivity index (χ0) is 21.7. The minimum Gasteiger partial charge on any atom is -0.481 e. The van der Waals surface area contributed by atoms with E-state index in [0.717, 1.165) is 0 Å². The summed E-state index contributed by atoms with van der Waals surface area (Å²) in [5.74, 6) is -2.00. The van der Waals surface area contributed by atoms with Gasteiger partial charge in [0.05, 0.1) is 13.7 Å². The van der Waals surface area contributed by atoms with E-state index in [9.17, 15) is 18.0 Å². The molecule has 0 radical (unpaired) electrons. The summed E-state index contributed by atoms with van der Waals surface area (Å²) in [5, 5.41) is 2.18. The zero-order valence-electron chi connectivity index (χ0n) is 16.0. The molecule has 0 bridgehead atoms. The third kappa shape index (κ3) is 4.85. The minimum atomic E-state index is -4.37. The summed E-state index contributed by atoms with van der Waals surface area (Å²) in [4.78, 5) is 32.3. The number of carbonyl (C=O) groups is 2. The Kier molecular flexibility index (Phi) is 7.20. The Labute approximate surface area is 173 Å². The maximum atomic E-state index is 13.1. The predicted molar refractivity (Wildman–Crippen MR) is 106 cm³/mol. The van der Waals surface area contributed by atoms with E-state index in [0.29, 0.717) is 0 Å². The van der Waals surface area contributed by atoms with Gasteiger partial charge < -0.3 is 9.47 Å². The number of sulfonamides is 1. The van der Waals surface area contributed by atoms with Crippen molar-refractivity contribution >= 4 is 39.6 Å². The highest BCUT2D eigenvalue weighted by atomic mass is 35.5. The second-order valence-electron chi connectivity index (χ2n) is 5.90. The number of ether oxygens (including phenoxy) is 2. The van der Waals surface area contributed by atoms with Crippen molar-refractivity contribution in [3.63, 3.8) is 0 Å². The SMILES string of the molecule is CCOC(=O)C1C=CC=CC1(CC)S(=O)(=O)NC(=O)Nc1nc(Cl)cc(OC)n1. The lowest BCUT2D eigenvalue weighted by Gasteiger charge is -2.35.